The Balaban J connectivity index is 1.92. The smallest absolute Gasteiger partial charge is 0.253 e. The number of benzene rings is 1. The van der Waals surface area contributed by atoms with Crippen LogP contribution in [-0.4, -0.2) is 48.3 Å². The van der Waals surface area contributed by atoms with Crippen LogP contribution in [0.15, 0.2) is 53.3 Å². The first-order valence-electron chi connectivity index (χ1n) is 10.6. The molecule has 0 bridgehead atoms. The van der Waals surface area contributed by atoms with Gasteiger partial charge in [0.1, 0.15) is 6.61 Å². The van der Waals surface area contributed by atoms with Crippen LogP contribution in [-0.2, 0) is 14.3 Å². The van der Waals surface area contributed by atoms with Crippen molar-refractivity contribution in [1.29, 1.82) is 0 Å². The number of nitrogens with two attached hydrogens (primary N) is 2. The maximum atomic E-state index is 12.1. The van der Waals surface area contributed by atoms with Gasteiger partial charge in [-0.15, -0.1) is 0 Å². The Labute approximate surface area is 188 Å². The van der Waals surface area contributed by atoms with E-state index in [0.29, 0.717) is 24.6 Å². The van der Waals surface area contributed by atoms with Gasteiger partial charge in [0.2, 0.25) is 0 Å². The fraction of sp³-hybridized carbons (Fsp3) is 0.375. The molecular weight excluding hydrogens is 406 g/mol. The molecule has 32 heavy (non-hydrogen) atoms. The van der Waals surface area contributed by atoms with Gasteiger partial charge in [0.25, 0.3) is 11.8 Å². The van der Waals surface area contributed by atoms with E-state index in [-0.39, 0.29) is 29.5 Å². The largest absolute Gasteiger partial charge is 0.404 e. The van der Waals surface area contributed by atoms with Gasteiger partial charge in [-0.1, -0.05) is 32.9 Å². The van der Waals surface area contributed by atoms with Crippen molar-refractivity contribution in [3.63, 3.8) is 0 Å². The molecule has 170 valence electrons. The van der Waals surface area contributed by atoms with Crippen LogP contribution in [0.3, 0.4) is 0 Å². The summed E-state index contributed by atoms with van der Waals surface area (Å²) in [5, 5.41) is 0. The van der Waals surface area contributed by atoms with Crippen molar-refractivity contribution in [3.8, 4) is 11.1 Å². The Morgan fingerprint density at radius 1 is 1.25 bits per heavy atom. The first-order chi connectivity index (χ1) is 15.1. The molecule has 1 fully saturated rings. The third kappa shape index (κ3) is 5.08. The van der Waals surface area contributed by atoms with Crippen molar-refractivity contribution < 1.29 is 14.3 Å². The molecule has 0 spiro atoms. The molecule has 1 aromatic heterocycles. The summed E-state index contributed by atoms with van der Waals surface area (Å²) in [7, 11) is 0. The Kier molecular flexibility index (Phi) is 6.84. The SMILES string of the molecule is C[C@@H](N=C(C(=CN)C(N)=O)c1cc(-c2ccc(N3CCOCC3=O)cc2)c[nH]1)C(C)(C)C. The highest BCUT2D eigenvalue weighted by molar-refractivity contribution is 6.27. The minimum atomic E-state index is -0.636. The summed E-state index contributed by atoms with van der Waals surface area (Å²) >= 11 is 0. The molecule has 0 radical (unpaired) electrons. The number of nitrogens with one attached hydrogen (secondary N) is 1. The first kappa shape index (κ1) is 23.3. The second-order valence-electron chi connectivity index (χ2n) is 8.91. The van der Waals surface area contributed by atoms with E-state index >= 15 is 0 Å². The zero-order chi connectivity index (χ0) is 23.5. The van der Waals surface area contributed by atoms with E-state index in [1.54, 1.807) is 4.90 Å². The van der Waals surface area contributed by atoms with Crippen molar-refractivity contribution in [1.82, 2.24) is 4.98 Å². The Bertz CT molecular complexity index is 1040. The Hall–Kier alpha value is -3.39. The summed E-state index contributed by atoms with van der Waals surface area (Å²) < 4.78 is 5.19. The lowest BCUT2D eigenvalue weighted by molar-refractivity contribution is -0.125. The normalized spacial score (nSPS) is 16.9. The van der Waals surface area contributed by atoms with Crippen LogP contribution in [0.5, 0.6) is 0 Å². The number of ether oxygens (including phenoxy) is 1. The topological polar surface area (TPSA) is 127 Å². The number of rotatable bonds is 6. The Morgan fingerprint density at radius 3 is 2.50 bits per heavy atom. The molecule has 0 unspecified atom stereocenters. The molecule has 1 aromatic carbocycles. The fourth-order valence-electron chi connectivity index (χ4n) is 3.27. The first-order valence-corrected chi connectivity index (χ1v) is 10.6. The molecule has 2 aromatic rings. The number of aliphatic imine (C=N–C) groups is 1. The molecule has 2 amide bonds. The number of anilines is 1. The third-order valence-corrected chi connectivity index (χ3v) is 5.70. The van der Waals surface area contributed by atoms with Gasteiger partial charge in [0, 0.05) is 24.6 Å². The van der Waals surface area contributed by atoms with Gasteiger partial charge in [-0.25, -0.2) is 0 Å². The summed E-state index contributed by atoms with van der Waals surface area (Å²) in [4.78, 5) is 33.8. The zero-order valence-electron chi connectivity index (χ0n) is 19.0. The van der Waals surface area contributed by atoms with Gasteiger partial charge in [-0.3, -0.25) is 14.6 Å². The minimum Gasteiger partial charge on any atom is -0.404 e. The van der Waals surface area contributed by atoms with E-state index in [1.807, 2.05) is 43.5 Å². The molecule has 0 saturated carbocycles. The van der Waals surface area contributed by atoms with Crippen LogP contribution in [0.25, 0.3) is 11.1 Å². The number of amides is 2. The molecule has 1 aliphatic rings. The van der Waals surface area contributed by atoms with Crippen LogP contribution in [0.2, 0.25) is 0 Å². The van der Waals surface area contributed by atoms with Gasteiger partial charge in [0.05, 0.1) is 29.6 Å². The summed E-state index contributed by atoms with van der Waals surface area (Å²) in [6, 6.07) is 9.56. The summed E-state index contributed by atoms with van der Waals surface area (Å²) in [5.41, 5.74) is 15.1. The molecule has 1 atom stereocenters. The van der Waals surface area contributed by atoms with Crippen molar-refractivity contribution in [2.75, 3.05) is 24.7 Å². The molecule has 0 aliphatic carbocycles. The predicted octanol–water partition coefficient (Wildman–Crippen LogP) is 2.60. The molecule has 1 aliphatic heterocycles. The van der Waals surface area contributed by atoms with Crippen LogP contribution in [0, 0.1) is 5.41 Å². The number of aromatic amines is 1. The molecule has 2 heterocycles. The molecular formula is C24H31N5O3. The second-order valence-corrected chi connectivity index (χ2v) is 8.91. The van der Waals surface area contributed by atoms with Gasteiger partial charge in [-0.2, -0.15) is 0 Å². The summed E-state index contributed by atoms with van der Waals surface area (Å²) in [5.74, 6) is -0.683. The Morgan fingerprint density at radius 2 is 1.94 bits per heavy atom. The lowest BCUT2D eigenvalue weighted by Gasteiger charge is -2.26. The van der Waals surface area contributed by atoms with Crippen LogP contribution in [0.1, 0.15) is 33.4 Å². The van der Waals surface area contributed by atoms with Crippen molar-refractivity contribution in [2.45, 2.75) is 33.7 Å². The molecule has 1 saturated heterocycles. The van der Waals surface area contributed by atoms with E-state index in [1.165, 1.54) is 6.20 Å². The average molecular weight is 438 g/mol. The minimum absolute atomic E-state index is 0.0469. The number of H-pyrrole nitrogens is 1. The zero-order valence-corrected chi connectivity index (χ0v) is 19.0. The fourth-order valence-corrected chi connectivity index (χ4v) is 3.27. The van der Waals surface area contributed by atoms with Gasteiger partial charge in [-0.05, 0) is 41.7 Å². The molecule has 8 heteroatoms. The van der Waals surface area contributed by atoms with Gasteiger partial charge < -0.3 is 26.1 Å². The highest BCUT2D eigenvalue weighted by atomic mass is 16.5. The number of carbonyl (C=O) groups excluding carboxylic acids is 2. The van der Waals surface area contributed by atoms with Crippen LogP contribution >= 0.6 is 0 Å². The third-order valence-electron chi connectivity index (χ3n) is 5.70. The monoisotopic (exact) mass is 437 g/mol. The maximum absolute atomic E-state index is 12.1. The maximum Gasteiger partial charge on any atom is 0.253 e. The quantitative estimate of drug-likeness (QED) is 0.474. The molecule has 8 nitrogen and oxygen atoms in total. The highest BCUT2D eigenvalue weighted by Crippen LogP contribution is 2.27. The average Bonchev–Trinajstić information content (AvgIpc) is 3.23. The summed E-state index contributed by atoms with van der Waals surface area (Å²) in [6.07, 6.45) is 3.04. The van der Waals surface area contributed by atoms with Crippen molar-refractivity contribution in [2.24, 2.45) is 21.9 Å². The number of aromatic nitrogens is 1. The van der Waals surface area contributed by atoms with Crippen LogP contribution < -0.4 is 16.4 Å². The number of hydrogen-bond acceptors (Lipinski definition) is 5. The molecule has 3 rings (SSSR count). The van der Waals surface area contributed by atoms with E-state index in [4.69, 9.17) is 21.2 Å². The van der Waals surface area contributed by atoms with E-state index in [9.17, 15) is 9.59 Å². The number of carbonyl (C=O) groups is 2. The van der Waals surface area contributed by atoms with E-state index in [0.717, 1.165) is 16.8 Å². The van der Waals surface area contributed by atoms with Crippen molar-refractivity contribution >= 4 is 23.2 Å². The lowest BCUT2D eigenvalue weighted by atomic mass is 9.88. The van der Waals surface area contributed by atoms with Gasteiger partial charge in [0.15, 0.2) is 0 Å². The summed E-state index contributed by atoms with van der Waals surface area (Å²) in [6.45, 7) is 9.40. The lowest BCUT2D eigenvalue weighted by Crippen LogP contribution is -2.41. The highest BCUT2D eigenvalue weighted by Gasteiger charge is 2.24. The van der Waals surface area contributed by atoms with Crippen molar-refractivity contribution in [3.05, 3.63) is 54.0 Å². The van der Waals surface area contributed by atoms with E-state index in [2.05, 4.69) is 25.8 Å². The standard InChI is InChI=1S/C24H31N5O3/c1-15(24(2,3)4)28-22(19(12-25)23(26)31)20-11-17(13-27-20)16-5-7-18(8-6-16)29-9-10-32-14-21(29)30/h5-8,11-13,15,27H,9-10,14,25H2,1-4H3,(H2,26,31)/t15-/m1/s1. The van der Waals surface area contributed by atoms with E-state index < -0.39 is 5.91 Å². The predicted molar refractivity (Wildman–Crippen MR) is 126 cm³/mol. The van der Waals surface area contributed by atoms with Gasteiger partial charge >= 0.3 is 0 Å². The number of hydrogen-bond donors (Lipinski definition) is 3. The van der Waals surface area contributed by atoms with Crippen LogP contribution in [0.4, 0.5) is 5.69 Å². The number of morpholine rings is 1. The number of primary amides is 1. The molecule has 5 N–H and O–H groups in total. The number of nitrogens with zero attached hydrogens (tertiary/aromatic N) is 2. The second kappa shape index (κ2) is 9.40.